The van der Waals surface area contributed by atoms with E-state index in [2.05, 4.69) is 20.9 Å². The third kappa shape index (κ3) is 5.34. The minimum atomic E-state index is 0.0817. The summed E-state index contributed by atoms with van der Waals surface area (Å²) in [5.41, 5.74) is 2.35. The van der Waals surface area contributed by atoms with Crippen LogP contribution in [-0.2, 0) is 23.0 Å². The highest BCUT2D eigenvalue weighted by atomic mass is 16.5. The van der Waals surface area contributed by atoms with Crippen molar-refractivity contribution in [2.75, 3.05) is 40.0 Å². The van der Waals surface area contributed by atoms with E-state index >= 15 is 0 Å². The van der Waals surface area contributed by atoms with Crippen molar-refractivity contribution >= 4 is 5.91 Å². The topological polar surface area (TPSA) is 55.7 Å². The van der Waals surface area contributed by atoms with Crippen molar-refractivity contribution in [2.45, 2.75) is 18.9 Å². The molecule has 27 heavy (non-hydrogen) atoms. The van der Waals surface area contributed by atoms with Crippen molar-refractivity contribution in [1.82, 2.24) is 14.8 Å². The molecule has 6 heteroatoms. The Morgan fingerprint density at radius 1 is 1.22 bits per heavy atom. The molecule has 0 saturated carbocycles. The quantitative estimate of drug-likeness (QED) is 0.773. The standard InChI is InChI=1S/C21H29N3O3/c1-23-11-3-4-19(23)20(24-12-14-27-15-13-24)16-22-21(25)10-7-17-5-8-18(26-2)9-6-17/h3-6,8-9,11,20H,7,10,12-16H2,1-2H3,(H,22,25). The van der Waals surface area contributed by atoms with E-state index in [1.165, 1.54) is 5.69 Å². The van der Waals surface area contributed by atoms with E-state index in [9.17, 15) is 4.79 Å². The van der Waals surface area contributed by atoms with Gasteiger partial charge in [0.25, 0.3) is 0 Å². The lowest BCUT2D eigenvalue weighted by Gasteiger charge is -2.35. The SMILES string of the molecule is COc1ccc(CCC(=O)NCC(c2cccn2C)N2CCOCC2)cc1. The lowest BCUT2D eigenvalue weighted by atomic mass is 10.1. The van der Waals surface area contributed by atoms with E-state index in [0.29, 0.717) is 13.0 Å². The second kappa shape index (κ2) is 9.58. The molecule has 146 valence electrons. The average molecular weight is 371 g/mol. The molecule has 0 aliphatic carbocycles. The summed E-state index contributed by atoms with van der Waals surface area (Å²) >= 11 is 0. The summed E-state index contributed by atoms with van der Waals surface area (Å²) in [4.78, 5) is 14.8. The molecule has 2 aromatic rings. The molecule has 1 N–H and O–H groups in total. The second-order valence-electron chi connectivity index (χ2n) is 6.86. The molecule has 1 aliphatic heterocycles. The van der Waals surface area contributed by atoms with Crippen LogP contribution >= 0.6 is 0 Å². The Bertz CT molecular complexity index is 721. The molecule has 6 nitrogen and oxygen atoms in total. The number of aromatic nitrogens is 1. The molecule has 1 saturated heterocycles. The van der Waals surface area contributed by atoms with E-state index in [1.54, 1.807) is 7.11 Å². The molecule has 1 aliphatic rings. The third-order valence-corrected chi connectivity index (χ3v) is 5.10. The monoisotopic (exact) mass is 371 g/mol. The molecular weight excluding hydrogens is 342 g/mol. The number of benzene rings is 1. The van der Waals surface area contributed by atoms with Crippen LogP contribution in [-0.4, -0.2) is 55.3 Å². The van der Waals surface area contributed by atoms with Gasteiger partial charge in [0.15, 0.2) is 0 Å². The molecule has 0 radical (unpaired) electrons. The van der Waals surface area contributed by atoms with Crippen molar-refractivity contribution < 1.29 is 14.3 Å². The van der Waals surface area contributed by atoms with E-state index in [0.717, 1.165) is 44.0 Å². The smallest absolute Gasteiger partial charge is 0.220 e. The zero-order valence-electron chi connectivity index (χ0n) is 16.2. The first-order chi connectivity index (χ1) is 13.2. The number of morpholine rings is 1. The number of methoxy groups -OCH3 is 1. The fraction of sp³-hybridized carbons (Fsp3) is 0.476. The number of hydrogen-bond donors (Lipinski definition) is 1. The number of carbonyl (C=O) groups excluding carboxylic acids is 1. The highest BCUT2D eigenvalue weighted by Crippen LogP contribution is 2.21. The van der Waals surface area contributed by atoms with Crippen molar-refractivity contribution in [1.29, 1.82) is 0 Å². The summed E-state index contributed by atoms with van der Waals surface area (Å²) < 4.78 is 12.8. The Balaban J connectivity index is 1.54. The van der Waals surface area contributed by atoms with Crippen molar-refractivity contribution in [3.63, 3.8) is 0 Å². The number of ether oxygens (including phenoxy) is 2. The molecule has 0 spiro atoms. The third-order valence-electron chi connectivity index (χ3n) is 5.10. The van der Waals surface area contributed by atoms with Gasteiger partial charge in [0, 0.05) is 45.0 Å². The second-order valence-corrected chi connectivity index (χ2v) is 6.86. The minimum absolute atomic E-state index is 0.0817. The van der Waals surface area contributed by atoms with Gasteiger partial charge in [-0.25, -0.2) is 0 Å². The van der Waals surface area contributed by atoms with E-state index in [1.807, 2.05) is 43.6 Å². The molecule has 1 atom stereocenters. The van der Waals surface area contributed by atoms with Gasteiger partial charge in [0.1, 0.15) is 5.75 Å². The summed E-state index contributed by atoms with van der Waals surface area (Å²) in [7, 11) is 3.70. The molecule has 1 fully saturated rings. The van der Waals surface area contributed by atoms with Crippen LogP contribution in [0.4, 0.5) is 0 Å². The van der Waals surface area contributed by atoms with Gasteiger partial charge in [-0.2, -0.15) is 0 Å². The number of amides is 1. The first kappa shape index (κ1) is 19.5. The summed E-state index contributed by atoms with van der Waals surface area (Å²) in [6.45, 7) is 3.87. The zero-order valence-corrected chi connectivity index (χ0v) is 16.2. The van der Waals surface area contributed by atoms with Crippen molar-refractivity contribution in [3.8, 4) is 5.75 Å². The maximum Gasteiger partial charge on any atom is 0.220 e. The van der Waals surface area contributed by atoms with Gasteiger partial charge in [-0.15, -0.1) is 0 Å². The summed E-state index contributed by atoms with van der Waals surface area (Å²) in [6.07, 6.45) is 3.26. The van der Waals surface area contributed by atoms with Gasteiger partial charge in [0.05, 0.1) is 26.4 Å². The van der Waals surface area contributed by atoms with E-state index in [4.69, 9.17) is 9.47 Å². The Labute approximate surface area is 161 Å². The number of aryl methyl sites for hydroxylation is 2. The van der Waals surface area contributed by atoms with Gasteiger partial charge < -0.3 is 19.4 Å². The number of hydrogen-bond acceptors (Lipinski definition) is 4. The van der Waals surface area contributed by atoms with Crippen LogP contribution in [0.5, 0.6) is 5.75 Å². The molecule has 1 aromatic heterocycles. The first-order valence-corrected chi connectivity index (χ1v) is 9.50. The molecule has 1 aromatic carbocycles. The van der Waals surface area contributed by atoms with Crippen LogP contribution < -0.4 is 10.1 Å². The lowest BCUT2D eigenvalue weighted by Crippen LogP contribution is -2.44. The highest BCUT2D eigenvalue weighted by Gasteiger charge is 2.24. The largest absolute Gasteiger partial charge is 0.497 e. The van der Waals surface area contributed by atoms with Crippen LogP contribution in [0.25, 0.3) is 0 Å². The molecule has 1 amide bonds. The van der Waals surface area contributed by atoms with Gasteiger partial charge >= 0.3 is 0 Å². The molecular formula is C21H29N3O3. The predicted molar refractivity (Wildman–Crippen MR) is 105 cm³/mol. The zero-order chi connectivity index (χ0) is 19.1. The van der Waals surface area contributed by atoms with Crippen LogP contribution in [0.3, 0.4) is 0 Å². The van der Waals surface area contributed by atoms with Crippen LogP contribution in [0.2, 0.25) is 0 Å². The Morgan fingerprint density at radius 2 is 1.96 bits per heavy atom. The highest BCUT2D eigenvalue weighted by molar-refractivity contribution is 5.76. The maximum atomic E-state index is 12.4. The van der Waals surface area contributed by atoms with Gasteiger partial charge in [-0.1, -0.05) is 12.1 Å². The first-order valence-electron chi connectivity index (χ1n) is 9.50. The summed E-state index contributed by atoms with van der Waals surface area (Å²) in [6, 6.07) is 12.2. The minimum Gasteiger partial charge on any atom is -0.497 e. The number of rotatable bonds is 8. The van der Waals surface area contributed by atoms with Gasteiger partial charge in [0.2, 0.25) is 5.91 Å². The van der Waals surface area contributed by atoms with Crippen LogP contribution in [0, 0.1) is 0 Å². The summed E-state index contributed by atoms with van der Waals surface area (Å²) in [5.74, 6) is 0.914. The van der Waals surface area contributed by atoms with E-state index < -0.39 is 0 Å². The Hall–Kier alpha value is -2.31. The molecule has 0 bridgehead atoms. The fourth-order valence-electron chi connectivity index (χ4n) is 3.48. The molecule has 1 unspecified atom stereocenters. The maximum absolute atomic E-state index is 12.4. The van der Waals surface area contributed by atoms with Gasteiger partial charge in [-0.05, 0) is 36.2 Å². The number of carbonyl (C=O) groups is 1. The number of nitrogens with one attached hydrogen (secondary N) is 1. The normalized spacial score (nSPS) is 16.1. The van der Waals surface area contributed by atoms with Crippen molar-refractivity contribution in [3.05, 3.63) is 53.9 Å². The Morgan fingerprint density at radius 3 is 2.59 bits per heavy atom. The van der Waals surface area contributed by atoms with Crippen molar-refractivity contribution in [2.24, 2.45) is 7.05 Å². The number of nitrogens with zero attached hydrogens (tertiary/aromatic N) is 2. The Kier molecular flexibility index (Phi) is 6.90. The predicted octanol–water partition coefficient (Wildman–Crippen LogP) is 2.16. The van der Waals surface area contributed by atoms with Crippen LogP contribution in [0.15, 0.2) is 42.6 Å². The van der Waals surface area contributed by atoms with E-state index in [-0.39, 0.29) is 11.9 Å². The molecule has 3 rings (SSSR count). The van der Waals surface area contributed by atoms with Crippen LogP contribution in [0.1, 0.15) is 23.7 Å². The fourth-order valence-corrected chi connectivity index (χ4v) is 3.48. The average Bonchev–Trinajstić information content (AvgIpc) is 3.13. The lowest BCUT2D eigenvalue weighted by molar-refractivity contribution is -0.121. The summed E-state index contributed by atoms with van der Waals surface area (Å²) in [5, 5.41) is 3.13. The molecule has 2 heterocycles. The van der Waals surface area contributed by atoms with Gasteiger partial charge in [-0.3, -0.25) is 9.69 Å².